The maximum absolute atomic E-state index is 13.7. The number of aliphatic hydroxyl groups excluding tert-OH is 1. The lowest BCUT2D eigenvalue weighted by molar-refractivity contribution is 0.0292. The van der Waals surface area contributed by atoms with Gasteiger partial charge in [0.2, 0.25) is 0 Å². The fourth-order valence-electron chi connectivity index (χ4n) is 2.42. The molecule has 1 fully saturated rings. The Bertz CT molecular complexity index is 397. The largest absolute Gasteiger partial charge is 0.388 e. The molecule has 94 valence electrons. The number of hydrogen-bond donors (Lipinski definition) is 1. The van der Waals surface area contributed by atoms with Crippen molar-refractivity contribution in [1.29, 1.82) is 0 Å². The molecule has 3 atom stereocenters. The fraction of sp³-hybridized carbons (Fsp3) is 0.538. The van der Waals surface area contributed by atoms with Gasteiger partial charge in [-0.3, -0.25) is 0 Å². The van der Waals surface area contributed by atoms with E-state index in [4.69, 9.17) is 4.74 Å². The minimum atomic E-state index is -0.792. The third-order valence-electron chi connectivity index (χ3n) is 3.35. The molecule has 1 saturated heterocycles. The Morgan fingerprint density at radius 2 is 2.35 bits per heavy atom. The van der Waals surface area contributed by atoms with Crippen LogP contribution in [0.15, 0.2) is 22.7 Å². The normalized spacial score (nSPS) is 26.1. The Morgan fingerprint density at radius 1 is 1.59 bits per heavy atom. The molecule has 1 aromatic carbocycles. The number of halogens is 2. The summed E-state index contributed by atoms with van der Waals surface area (Å²) in [6.07, 6.45) is 0.867. The number of aliphatic hydroxyl groups is 1. The molecule has 0 amide bonds. The Hall–Kier alpha value is -0.450. The van der Waals surface area contributed by atoms with E-state index < -0.39 is 6.10 Å². The monoisotopic (exact) mass is 302 g/mol. The lowest BCUT2D eigenvalue weighted by Crippen LogP contribution is -2.22. The Labute approximate surface area is 109 Å². The number of rotatable bonds is 3. The summed E-state index contributed by atoms with van der Waals surface area (Å²) in [5.74, 6) is -0.369. The number of ether oxygens (including phenoxy) is 1. The fourth-order valence-corrected chi connectivity index (χ4v) is 2.80. The standard InChI is InChI=1S/C13H16BrFO2/c1-2-12-9(5-6-17-12)13(16)10-7-8(14)3-4-11(10)15/h3-4,7,9,12-13,16H,2,5-6H2,1H3. The van der Waals surface area contributed by atoms with Gasteiger partial charge in [0.15, 0.2) is 0 Å². The van der Waals surface area contributed by atoms with Crippen molar-refractivity contribution in [3.63, 3.8) is 0 Å². The molecular weight excluding hydrogens is 287 g/mol. The molecule has 1 aromatic rings. The van der Waals surface area contributed by atoms with Gasteiger partial charge in [-0.25, -0.2) is 4.39 Å². The minimum Gasteiger partial charge on any atom is -0.388 e. The molecule has 0 spiro atoms. The first-order chi connectivity index (χ1) is 8.13. The van der Waals surface area contributed by atoms with E-state index in [1.807, 2.05) is 6.92 Å². The molecule has 0 radical (unpaired) electrons. The predicted octanol–water partition coefficient (Wildman–Crippen LogP) is 3.44. The summed E-state index contributed by atoms with van der Waals surface area (Å²) in [7, 11) is 0. The van der Waals surface area contributed by atoms with Crippen LogP contribution in [0.5, 0.6) is 0 Å². The van der Waals surface area contributed by atoms with E-state index in [-0.39, 0.29) is 17.8 Å². The van der Waals surface area contributed by atoms with Crippen molar-refractivity contribution in [3.8, 4) is 0 Å². The lowest BCUT2D eigenvalue weighted by atomic mass is 9.89. The van der Waals surface area contributed by atoms with E-state index in [9.17, 15) is 9.50 Å². The maximum atomic E-state index is 13.7. The average Bonchev–Trinajstić information content (AvgIpc) is 2.79. The lowest BCUT2D eigenvalue weighted by Gasteiger charge is -2.23. The van der Waals surface area contributed by atoms with Gasteiger partial charge in [-0.15, -0.1) is 0 Å². The second-order valence-electron chi connectivity index (χ2n) is 4.38. The van der Waals surface area contributed by atoms with Crippen LogP contribution in [0.2, 0.25) is 0 Å². The molecule has 1 N–H and O–H groups in total. The molecule has 4 heteroatoms. The van der Waals surface area contributed by atoms with E-state index >= 15 is 0 Å². The van der Waals surface area contributed by atoms with Crippen LogP contribution in [-0.2, 0) is 4.74 Å². The van der Waals surface area contributed by atoms with Gasteiger partial charge in [-0.1, -0.05) is 22.9 Å². The first-order valence-corrected chi connectivity index (χ1v) is 6.67. The molecule has 2 rings (SSSR count). The van der Waals surface area contributed by atoms with Crippen LogP contribution < -0.4 is 0 Å². The van der Waals surface area contributed by atoms with Gasteiger partial charge < -0.3 is 9.84 Å². The van der Waals surface area contributed by atoms with E-state index in [0.717, 1.165) is 17.3 Å². The van der Waals surface area contributed by atoms with Crippen molar-refractivity contribution >= 4 is 15.9 Å². The van der Waals surface area contributed by atoms with Crippen LogP contribution in [0.1, 0.15) is 31.4 Å². The molecule has 3 unspecified atom stereocenters. The van der Waals surface area contributed by atoms with Crippen molar-refractivity contribution in [3.05, 3.63) is 34.1 Å². The highest BCUT2D eigenvalue weighted by molar-refractivity contribution is 9.10. The topological polar surface area (TPSA) is 29.5 Å². The average molecular weight is 303 g/mol. The van der Waals surface area contributed by atoms with Crippen LogP contribution >= 0.6 is 15.9 Å². The predicted molar refractivity (Wildman–Crippen MR) is 67.2 cm³/mol. The summed E-state index contributed by atoms with van der Waals surface area (Å²) in [6.45, 7) is 2.67. The van der Waals surface area contributed by atoms with Gasteiger partial charge in [-0.05, 0) is 31.0 Å². The minimum absolute atomic E-state index is 0.0104. The molecule has 0 aromatic heterocycles. The van der Waals surface area contributed by atoms with E-state index in [1.54, 1.807) is 12.1 Å². The first-order valence-electron chi connectivity index (χ1n) is 5.88. The highest BCUT2D eigenvalue weighted by Gasteiger charge is 2.34. The van der Waals surface area contributed by atoms with Crippen LogP contribution in [0, 0.1) is 11.7 Å². The summed E-state index contributed by atoms with van der Waals surface area (Å²) in [4.78, 5) is 0. The second-order valence-corrected chi connectivity index (χ2v) is 5.30. The molecule has 2 nitrogen and oxygen atoms in total. The van der Waals surface area contributed by atoms with Gasteiger partial charge in [0.1, 0.15) is 5.82 Å². The van der Waals surface area contributed by atoms with Gasteiger partial charge in [0.05, 0.1) is 12.2 Å². The van der Waals surface area contributed by atoms with Crippen LogP contribution in [0.4, 0.5) is 4.39 Å². The Balaban J connectivity index is 2.24. The summed E-state index contributed by atoms with van der Waals surface area (Å²) >= 11 is 3.30. The molecular formula is C13H16BrFO2. The first kappa shape index (κ1) is 13.0. The number of hydrogen-bond acceptors (Lipinski definition) is 2. The van der Waals surface area contributed by atoms with Gasteiger partial charge in [0, 0.05) is 22.6 Å². The van der Waals surface area contributed by atoms with Gasteiger partial charge in [-0.2, -0.15) is 0 Å². The van der Waals surface area contributed by atoms with E-state index in [1.165, 1.54) is 6.07 Å². The zero-order chi connectivity index (χ0) is 12.4. The van der Waals surface area contributed by atoms with Gasteiger partial charge >= 0.3 is 0 Å². The highest BCUT2D eigenvalue weighted by Crippen LogP contribution is 2.36. The summed E-state index contributed by atoms with van der Waals surface area (Å²) in [6, 6.07) is 4.65. The molecule has 0 bridgehead atoms. The van der Waals surface area contributed by atoms with Crippen LogP contribution in [0.25, 0.3) is 0 Å². The highest BCUT2D eigenvalue weighted by atomic mass is 79.9. The zero-order valence-corrected chi connectivity index (χ0v) is 11.3. The third kappa shape index (κ3) is 2.69. The van der Waals surface area contributed by atoms with Crippen molar-refractivity contribution in [2.75, 3.05) is 6.61 Å². The zero-order valence-electron chi connectivity index (χ0n) is 9.70. The van der Waals surface area contributed by atoms with Crippen molar-refractivity contribution < 1.29 is 14.2 Å². The third-order valence-corrected chi connectivity index (χ3v) is 3.84. The van der Waals surface area contributed by atoms with Crippen LogP contribution in [-0.4, -0.2) is 17.8 Å². The quantitative estimate of drug-likeness (QED) is 0.927. The van der Waals surface area contributed by atoms with Crippen molar-refractivity contribution in [2.24, 2.45) is 5.92 Å². The SMILES string of the molecule is CCC1OCCC1C(O)c1cc(Br)ccc1F. The second kappa shape index (κ2) is 5.46. The smallest absolute Gasteiger partial charge is 0.129 e. The Morgan fingerprint density at radius 3 is 3.06 bits per heavy atom. The molecule has 1 heterocycles. The van der Waals surface area contributed by atoms with E-state index in [2.05, 4.69) is 15.9 Å². The summed E-state index contributed by atoms with van der Waals surface area (Å²) in [5, 5.41) is 10.3. The molecule has 1 aliphatic rings. The van der Waals surface area contributed by atoms with Crippen molar-refractivity contribution in [1.82, 2.24) is 0 Å². The van der Waals surface area contributed by atoms with Crippen molar-refractivity contribution in [2.45, 2.75) is 32.0 Å². The Kier molecular flexibility index (Phi) is 4.17. The van der Waals surface area contributed by atoms with E-state index in [0.29, 0.717) is 12.2 Å². The summed E-state index contributed by atoms with van der Waals surface area (Å²) in [5.41, 5.74) is 0.355. The number of benzene rings is 1. The molecule has 0 saturated carbocycles. The molecule has 0 aliphatic carbocycles. The molecule has 1 aliphatic heterocycles. The maximum Gasteiger partial charge on any atom is 0.129 e. The van der Waals surface area contributed by atoms with Gasteiger partial charge in [0.25, 0.3) is 0 Å². The van der Waals surface area contributed by atoms with Crippen LogP contribution in [0.3, 0.4) is 0 Å². The summed E-state index contributed by atoms with van der Waals surface area (Å²) < 4.78 is 20.0. The molecule has 17 heavy (non-hydrogen) atoms.